The summed E-state index contributed by atoms with van der Waals surface area (Å²) >= 11 is 1.10. The predicted octanol–water partition coefficient (Wildman–Crippen LogP) is 3.64. The average Bonchev–Trinajstić information content (AvgIpc) is 3.41. The second-order valence-corrected chi connectivity index (χ2v) is 7.81. The van der Waals surface area contributed by atoms with E-state index < -0.39 is 5.91 Å². The van der Waals surface area contributed by atoms with Crippen LogP contribution in [0.15, 0.2) is 52.9 Å². The Hall–Kier alpha value is -3.85. The van der Waals surface area contributed by atoms with Gasteiger partial charge in [0, 0.05) is 10.9 Å². The van der Waals surface area contributed by atoms with Crippen LogP contribution in [-0.2, 0) is 6.54 Å². The zero-order valence-corrected chi connectivity index (χ0v) is 16.5. The maximum Gasteiger partial charge on any atom is 0.293 e. The molecule has 3 amide bonds. The molecule has 0 spiro atoms. The SMILES string of the molecule is Cc1c(C(=O)Nc2nnc(CN3C(=O)c4ccccc4C3=O)s2)oc2ccccc12. The minimum atomic E-state index is -0.438. The number of nitrogens with zero attached hydrogens (tertiary/aromatic N) is 3. The molecule has 2 aromatic heterocycles. The Bertz CT molecular complexity index is 1300. The van der Waals surface area contributed by atoms with E-state index in [0.717, 1.165) is 27.2 Å². The van der Waals surface area contributed by atoms with Gasteiger partial charge in [-0.1, -0.05) is 41.7 Å². The highest BCUT2D eigenvalue weighted by molar-refractivity contribution is 7.15. The van der Waals surface area contributed by atoms with Crippen molar-refractivity contribution in [3.8, 4) is 0 Å². The fourth-order valence-electron chi connectivity index (χ4n) is 3.43. The third-order valence-corrected chi connectivity index (χ3v) is 5.73. The van der Waals surface area contributed by atoms with Crippen LogP contribution in [0, 0.1) is 6.92 Å². The summed E-state index contributed by atoms with van der Waals surface area (Å²) in [6.07, 6.45) is 0. The summed E-state index contributed by atoms with van der Waals surface area (Å²) in [4.78, 5) is 38.7. The smallest absolute Gasteiger partial charge is 0.293 e. The molecule has 3 heterocycles. The molecule has 148 valence electrons. The molecule has 30 heavy (non-hydrogen) atoms. The van der Waals surface area contributed by atoms with E-state index in [2.05, 4.69) is 15.5 Å². The zero-order valence-electron chi connectivity index (χ0n) is 15.7. The van der Waals surface area contributed by atoms with Crippen molar-refractivity contribution >= 4 is 45.2 Å². The van der Waals surface area contributed by atoms with Crippen LogP contribution < -0.4 is 5.32 Å². The van der Waals surface area contributed by atoms with E-state index >= 15 is 0 Å². The molecule has 8 nitrogen and oxygen atoms in total. The monoisotopic (exact) mass is 418 g/mol. The van der Waals surface area contributed by atoms with Crippen molar-refractivity contribution in [1.82, 2.24) is 15.1 Å². The van der Waals surface area contributed by atoms with Crippen LogP contribution in [0.5, 0.6) is 0 Å². The van der Waals surface area contributed by atoms with Gasteiger partial charge >= 0.3 is 0 Å². The lowest BCUT2D eigenvalue weighted by molar-refractivity contribution is 0.0641. The van der Waals surface area contributed by atoms with Gasteiger partial charge in [0.25, 0.3) is 17.7 Å². The maximum atomic E-state index is 12.6. The third kappa shape index (κ3) is 2.87. The second-order valence-electron chi connectivity index (χ2n) is 6.75. The number of rotatable bonds is 4. The molecular formula is C21H14N4O4S. The molecule has 0 unspecified atom stereocenters. The number of carbonyl (C=O) groups excluding carboxylic acids is 3. The molecule has 0 radical (unpaired) electrons. The Morgan fingerprint density at radius 2 is 1.70 bits per heavy atom. The predicted molar refractivity (Wildman–Crippen MR) is 109 cm³/mol. The van der Waals surface area contributed by atoms with E-state index in [1.165, 1.54) is 0 Å². The number of carbonyl (C=O) groups is 3. The number of furan rings is 1. The summed E-state index contributed by atoms with van der Waals surface area (Å²) < 4.78 is 5.66. The molecular weight excluding hydrogens is 404 g/mol. The Balaban J connectivity index is 1.33. The van der Waals surface area contributed by atoms with Crippen molar-refractivity contribution in [3.63, 3.8) is 0 Å². The molecule has 1 aliphatic heterocycles. The first-order chi connectivity index (χ1) is 14.5. The van der Waals surface area contributed by atoms with Crippen molar-refractivity contribution in [2.45, 2.75) is 13.5 Å². The Labute approximate surface area is 174 Å². The number of hydrogen-bond acceptors (Lipinski definition) is 7. The van der Waals surface area contributed by atoms with Gasteiger partial charge in [-0.25, -0.2) is 0 Å². The second kappa shape index (κ2) is 6.89. The summed E-state index contributed by atoms with van der Waals surface area (Å²) in [5, 5.41) is 12.2. The minimum absolute atomic E-state index is 0.0104. The molecule has 5 rings (SSSR count). The number of nitrogens with one attached hydrogen (secondary N) is 1. The van der Waals surface area contributed by atoms with E-state index in [1.54, 1.807) is 30.3 Å². The molecule has 1 aliphatic rings. The van der Waals surface area contributed by atoms with Crippen LogP contribution in [-0.4, -0.2) is 32.8 Å². The first-order valence-corrected chi connectivity index (χ1v) is 9.91. The van der Waals surface area contributed by atoms with Crippen LogP contribution in [0.1, 0.15) is 41.8 Å². The van der Waals surface area contributed by atoms with Gasteiger partial charge in [-0.3, -0.25) is 24.6 Å². The van der Waals surface area contributed by atoms with E-state index in [0.29, 0.717) is 21.7 Å². The number of fused-ring (bicyclic) bond motifs is 2. The normalized spacial score (nSPS) is 13.2. The van der Waals surface area contributed by atoms with E-state index in [9.17, 15) is 14.4 Å². The molecule has 0 aliphatic carbocycles. The highest BCUT2D eigenvalue weighted by Gasteiger charge is 2.35. The highest BCUT2D eigenvalue weighted by atomic mass is 32.1. The highest BCUT2D eigenvalue weighted by Crippen LogP contribution is 2.28. The molecule has 0 atom stereocenters. The maximum absolute atomic E-state index is 12.6. The number of para-hydroxylation sites is 1. The van der Waals surface area contributed by atoms with Gasteiger partial charge in [-0.2, -0.15) is 0 Å². The van der Waals surface area contributed by atoms with Crippen molar-refractivity contribution in [1.29, 1.82) is 0 Å². The minimum Gasteiger partial charge on any atom is -0.451 e. The van der Waals surface area contributed by atoms with E-state index in [4.69, 9.17) is 4.42 Å². The number of aryl methyl sites for hydroxylation is 1. The Morgan fingerprint density at radius 1 is 1.03 bits per heavy atom. The Kier molecular flexibility index (Phi) is 4.18. The largest absolute Gasteiger partial charge is 0.451 e. The quantitative estimate of drug-likeness (QED) is 0.507. The van der Waals surface area contributed by atoms with Crippen LogP contribution in [0.4, 0.5) is 5.13 Å². The average molecular weight is 418 g/mol. The fraction of sp³-hybridized carbons (Fsp3) is 0.0952. The molecule has 4 aromatic rings. The van der Waals surface area contributed by atoms with Crippen LogP contribution in [0.2, 0.25) is 0 Å². The zero-order chi connectivity index (χ0) is 20.8. The number of benzene rings is 2. The van der Waals surface area contributed by atoms with Gasteiger partial charge in [0.15, 0.2) is 5.76 Å². The fourth-order valence-corrected chi connectivity index (χ4v) is 4.15. The van der Waals surface area contributed by atoms with Gasteiger partial charge < -0.3 is 4.42 Å². The summed E-state index contributed by atoms with van der Waals surface area (Å²) in [5.74, 6) is -0.969. The lowest BCUT2D eigenvalue weighted by Crippen LogP contribution is -2.29. The number of anilines is 1. The molecule has 2 aromatic carbocycles. The molecule has 0 bridgehead atoms. The molecule has 1 N–H and O–H groups in total. The molecule has 9 heteroatoms. The summed E-state index contributed by atoms with van der Waals surface area (Å²) in [6, 6.07) is 14.1. The lowest BCUT2D eigenvalue weighted by atomic mass is 10.1. The number of hydrogen-bond donors (Lipinski definition) is 1. The van der Waals surface area contributed by atoms with Gasteiger partial charge in [0.05, 0.1) is 17.7 Å². The number of imide groups is 1. The van der Waals surface area contributed by atoms with Crippen molar-refractivity contribution in [3.05, 3.63) is 76.0 Å². The topological polar surface area (TPSA) is 105 Å². The van der Waals surface area contributed by atoms with Crippen molar-refractivity contribution in [2.24, 2.45) is 0 Å². The number of aromatic nitrogens is 2. The number of amides is 3. The first-order valence-electron chi connectivity index (χ1n) is 9.10. The van der Waals surface area contributed by atoms with Crippen LogP contribution in [0.25, 0.3) is 11.0 Å². The molecule has 0 saturated carbocycles. The summed E-state index contributed by atoms with van der Waals surface area (Å²) in [5.41, 5.74) is 2.12. The molecule has 0 fully saturated rings. The summed E-state index contributed by atoms with van der Waals surface area (Å²) in [6.45, 7) is 1.80. The third-order valence-electron chi connectivity index (χ3n) is 4.91. The first kappa shape index (κ1) is 18.2. The summed E-state index contributed by atoms with van der Waals surface area (Å²) in [7, 11) is 0. The van der Waals surface area contributed by atoms with Crippen molar-refractivity contribution < 1.29 is 18.8 Å². The van der Waals surface area contributed by atoms with Gasteiger partial charge in [-0.05, 0) is 25.1 Å². The van der Waals surface area contributed by atoms with Gasteiger partial charge in [0.2, 0.25) is 5.13 Å². The van der Waals surface area contributed by atoms with Crippen molar-refractivity contribution in [2.75, 3.05) is 5.32 Å². The van der Waals surface area contributed by atoms with E-state index in [-0.39, 0.29) is 29.3 Å². The van der Waals surface area contributed by atoms with Crippen LogP contribution >= 0.6 is 11.3 Å². The Morgan fingerprint density at radius 3 is 2.40 bits per heavy atom. The molecule has 0 saturated heterocycles. The lowest BCUT2D eigenvalue weighted by Gasteiger charge is -2.10. The van der Waals surface area contributed by atoms with Gasteiger partial charge in [-0.15, -0.1) is 10.2 Å². The van der Waals surface area contributed by atoms with E-state index in [1.807, 2.05) is 25.1 Å². The van der Waals surface area contributed by atoms with Gasteiger partial charge in [0.1, 0.15) is 10.6 Å². The van der Waals surface area contributed by atoms with Crippen LogP contribution in [0.3, 0.4) is 0 Å². The standard InChI is InChI=1S/C21H14N4O4S/c1-11-12-6-4-5-9-15(12)29-17(11)18(26)22-21-24-23-16(30-21)10-25-19(27)13-7-2-3-8-14(13)20(25)28/h2-9H,10H2,1H3,(H,22,24,26).